The summed E-state index contributed by atoms with van der Waals surface area (Å²) < 4.78 is 5.07. The van der Waals surface area contributed by atoms with E-state index >= 15 is 0 Å². The number of rotatable bonds is 3. The van der Waals surface area contributed by atoms with E-state index in [-0.39, 0.29) is 23.7 Å². The fraction of sp³-hybridized carbons (Fsp3) is 0.0714. The lowest BCUT2D eigenvalue weighted by Gasteiger charge is -2.07. The van der Waals surface area contributed by atoms with Crippen molar-refractivity contribution in [1.82, 2.24) is 0 Å². The van der Waals surface area contributed by atoms with E-state index in [1.165, 1.54) is 12.1 Å². The van der Waals surface area contributed by atoms with Gasteiger partial charge in [-0.15, -0.1) is 0 Å². The lowest BCUT2D eigenvalue weighted by Crippen LogP contribution is -2.05. The summed E-state index contributed by atoms with van der Waals surface area (Å²) in [6.45, 7) is 0.0252. The molecule has 104 valence electrons. The van der Waals surface area contributed by atoms with Crippen LogP contribution in [0, 0.1) is 0 Å². The molecule has 2 N–H and O–H groups in total. The van der Waals surface area contributed by atoms with Gasteiger partial charge in [0, 0.05) is 0 Å². The Balaban J connectivity index is 2.04. The number of carbonyl (C=O) groups is 1. The van der Waals surface area contributed by atoms with E-state index < -0.39 is 5.97 Å². The standard InChI is InChI=1S/C14H10Cl2O4/c15-10-3-1-8(5-11(10)16)7-20-14(19)9-2-4-12(17)13(18)6-9/h1-6,17-18H,7H2. The van der Waals surface area contributed by atoms with Crippen LogP contribution in [0.2, 0.25) is 10.0 Å². The van der Waals surface area contributed by atoms with Gasteiger partial charge in [-0.1, -0.05) is 29.3 Å². The first-order valence-corrected chi connectivity index (χ1v) is 6.36. The monoisotopic (exact) mass is 312 g/mol. The Morgan fingerprint density at radius 3 is 2.40 bits per heavy atom. The van der Waals surface area contributed by atoms with Crippen molar-refractivity contribution in [2.45, 2.75) is 6.61 Å². The highest BCUT2D eigenvalue weighted by Gasteiger charge is 2.10. The topological polar surface area (TPSA) is 66.8 Å². The Labute approximate surface area is 125 Å². The zero-order chi connectivity index (χ0) is 14.7. The Morgan fingerprint density at radius 1 is 1.00 bits per heavy atom. The summed E-state index contributed by atoms with van der Waals surface area (Å²) >= 11 is 11.6. The summed E-state index contributed by atoms with van der Waals surface area (Å²) in [4.78, 5) is 11.8. The molecule has 4 nitrogen and oxygen atoms in total. The summed E-state index contributed by atoms with van der Waals surface area (Å²) in [5, 5.41) is 19.3. The average Bonchev–Trinajstić information content (AvgIpc) is 2.43. The van der Waals surface area contributed by atoms with Gasteiger partial charge in [0.15, 0.2) is 11.5 Å². The number of hydrogen-bond donors (Lipinski definition) is 2. The second-order valence-electron chi connectivity index (χ2n) is 4.03. The van der Waals surface area contributed by atoms with Crippen LogP contribution in [-0.4, -0.2) is 16.2 Å². The molecule has 6 heteroatoms. The van der Waals surface area contributed by atoms with Crippen LogP contribution in [0.3, 0.4) is 0 Å². The molecule has 0 aliphatic carbocycles. The van der Waals surface area contributed by atoms with Crippen LogP contribution in [0.5, 0.6) is 11.5 Å². The third-order valence-corrected chi connectivity index (χ3v) is 3.30. The Hall–Kier alpha value is -1.91. The summed E-state index contributed by atoms with van der Waals surface area (Å²) in [5.41, 5.74) is 0.830. The molecule has 20 heavy (non-hydrogen) atoms. The first-order valence-electron chi connectivity index (χ1n) is 5.60. The maximum atomic E-state index is 11.8. The van der Waals surface area contributed by atoms with Crippen molar-refractivity contribution in [1.29, 1.82) is 0 Å². The first-order chi connectivity index (χ1) is 9.47. The van der Waals surface area contributed by atoms with Gasteiger partial charge in [-0.25, -0.2) is 4.79 Å². The van der Waals surface area contributed by atoms with Crippen molar-refractivity contribution < 1.29 is 19.7 Å². The minimum atomic E-state index is -0.619. The second-order valence-corrected chi connectivity index (χ2v) is 4.84. The predicted molar refractivity (Wildman–Crippen MR) is 75.4 cm³/mol. The van der Waals surface area contributed by atoms with Crippen LogP contribution >= 0.6 is 23.2 Å². The van der Waals surface area contributed by atoms with Crippen molar-refractivity contribution in [2.75, 3.05) is 0 Å². The molecule has 0 saturated carbocycles. The normalized spacial score (nSPS) is 10.3. The summed E-state index contributed by atoms with van der Waals surface area (Å²) in [6.07, 6.45) is 0. The average molecular weight is 313 g/mol. The van der Waals surface area contributed by atoms with Gasteiger partial charge in [-0.2, -0.15) is 0 Å². The summed E-state index contributed by atoms with van der Waals surface area (Å²) in [7, 11) is 0. The number of carbonyl (C=O) groups excluding carboxylic acids is 1. The molecular formula is C14H10Cl2O4. The Bertz CT molecular complexity index is 656. The molecule has 0 saturated heterocycles. The molecule has 0 aliphatic heterocycles. The van der Waals surface area contributed by atoms with Crippen molar-refractivity contribution in [3.05, 3.63) is 57.6 Å². The molecule has 0 amide bonds. The van der Waals surface area contributed by atoms with Crippen molar-refractivity contribution in [3.8, 4) is 11.5 Å². The summed E-state index contributed by atoms with van der Waals surface area (Å²) in [5.74, 6) is -1.30. The van der Waals surface area contributed by atoms with Crippen LogP contribution in [-0.2, 0) is 11.3 Å². The van der Waals surface area contributed by atoms with Gasteiger partial charge >= 0.3 is 5.97 Å². The van der Waals surface area contributed by atoms with Crippen molar-refractivity contribution >= 4 is 29.2 Å². The van der Waals surface area contributed by atoms with Crippen LogP contribution in [0.25, 0.3) is 0 Å². The third kappa shape index (κ3) is 3.35. The SMILES string of the molecule is O=C(OCc1ccc(Cl)c(Cl)c1)c1ccc(O)c(O)c1. The number of halogens is 2. The third-order valence-electron chi connectivity index (χ3n) is 2.57. The number of esters is 1. The molecule has 0 fully saturated rings. The van der Waals surface area contributed by atoms with E-state index in [1.54, 1.807) is 18.2 Å². The Kier molecular flexibility index (Phi) is 4.37. The molecule has 2 rings (SSSR count). The van der Waals surface area contributed by atoms with Crippen LogP contribution in [0.4, 0.5) is 0 Å². The lowest BCUT2D eigenvalue weighted by atomic mass is 10.2. The van der Waals surface area contributed by atoms with Gasteiger partial charge in [0.05, 0.1) is 15.6 Å². The molecule has 0 unspecified atom stereocenters. The number of phenolic OH excluding ortho intramolecular Hbond substituents is 2. The largest absolute Gasteiger partial charge is 0.504 e. The number of ether oxygens (including phenoxy) is 1. The van der Waals surface area contributed by atoms with Gasteiger partial charge in [-0.3, -0.25) is 0 Å². The molecule has 0 spiro atoms. The van der Waals surface area contributed by atoms with Gasteiger partial charge in [0.1, 0.15) is 6.61 Å². The van der Waals surface area contributed by atoms with Crippen molar-refractivity contribution in [3.63, 3.8) is 0 Å². The minimum absolute atomic E-state index is 0.0252. The van der Waals surface area contributed by atoms with E-state index in [1.807, 2.05) is 0 Å². The highest BCUT2D eigenvalue weighted by molar-refractivity contribution is 6.42. The zero-order valence-corrected chi connectivity index (χ0v) is 11.6. The van der Waals surface area contributed by atoms with E-state index in [4.69, 9.17) is 33.0 Å². The summed E-state index contributed by atoms with van der Waals surface area (Å²) in [6, 6.07) is 8.60. The van der Waals surface area contributed by atoms with Crippen LogP contribution < -0.4 is 0 Å². The first kappa shape index (κ1) is 14.5. The smallest absolute Gasteiger partial charge is 0.338 e. The Morgan fingerprint density at radius 2 is 1.75 bits per heavy atom. The quantitative estimate of drug-likeness (QED) is 0.669. The molecule has 0 aromatic heterocycles. The number of phenols is 2. The van der Waals surface area contributed by atoms with Crippen molar-refractivity contribution in [2.24, 2.45) is 0 Å². The number of benzene rings is 2. The molecule has 0 heterocycles. The number of hydrogen-bond acceptors (Lipinski definition) is 4. The van der Waals surface area contributed by atoms with Gasteiger partial charge in [-0.05, 0) is 35.9 Å². The van der Waals surface area contributed by atoms with Gasteiger partial charge < -0.3 is 14.9 Å². The zero-order valence-electron chi connectivity index (χ0n) is 10.1. The molecule has 0 aliphatic rings. The fourth-order valence-corrected chi connectivity index (χ4v) is 1.83. The second kappa shape index (κ2) is 6.03. The van der Waals surface area contributed by atoms with Crippen LogP contribution in [0.1, 0.15) is 15.9 Å². The maximum absolute atomic E-state index is 11.8. The van der Waals surface area contributed by atoms with E-state index in [2.05, 4.69) is 0 Å². The van der Waals surface area contributed by atoms with Crippen LogP contribution in [0.15, 0.2) is 36.4 Å². The molecule has 0 bridgehead atoms. The van der Waals surface area contributed by atoms with Gasteiger partial charge in [0.25, 0.3) is 0 Å². The van der Waals surface area contributed by atoms with E-state index in [0.717, 1.165) is 6.07 Å². The maximum Gasteiger partial charge on any atom is 0.338 e. The van der Waals surface area contributed by atoms with E-state index in [9.17, 15) is 9.90 Å². The molecule has 2 aromatic carbocycles. The molecular weight excluding hydrogens is 303 g/mol. The fourth-order valence-electron chi connectivity index (χ4n) is 1.51. The predicted octanol–water partition coefficient (Wildman–Crippen LogP) is 3.76. The lowest BCUT2D eigenvalue weighted by molar-refractivity contribution is 0.0472. The highest BCUT2D eigenvalue weighted by Crippen LogP contribution is 2.26. The molecule has 0 radical (unpaired) electrons. The molecule has 2 aromatic rings. The van der Waals surface area contributed by atoms with E-state index in [0.29, 0.717) is 15.6 Å². The van der Waals surface area contributed by atoms with Gasteiger partial charge in [0.2, 0.25) is 0 Å². The minimum Gasteiger partial charge on any atom is -0.504 e. The highest BCUT2D eigenvalue weighted by atomic mass is 35.5. The number of aromatic hydroxyl groups is 2. The molecule has 0 atom stereocenters.